The molecule has 0 bridgehead atoms. The van der Waals surface area contributed by atoms with Gasteiger partial charge in [-0.25, -0.2) is 9.59 Å². The summed E-state index contributed by atoms with van der Waals surface area (Å²) < 4.78 is 5.93. The van der Waals surface area contributed by atoms with Crippen LogP contribution < -0.4 is 5.32 Å². The molecule has 8 nitrogen and oxygen atoms in total. The van der Waals surface area contributed by atoms with E-state index in [2.05, 4.69) is 15.2 Å². The number of carboxylic acid groups (broad SMARTS) is 1. The zero-order valence-electron chi connectivity index (χ0n) is 12.7. The maximum Gasteiger partial charge on any atom is 0.340 e. The van der Waals surface area contributed by atoms with Crippen LogP contribution >= 0.6 is 11.3 Å². The van der Waals surface area contributed by atoms with E-state index in [1.54, 1.807) is 13.0 Å². The molecule has 1 atom stereocenters. The highest BCUT2D eigenvalue weighted by Gasteiger charge is 2.22. The third-order valence-electron chi connectivity index (χ3n) is 3.12. The molecular formula is C14H15N3O5S. The van der Waals surface area contributed by atoms with Gasteiger partial charge in [0.05, 0.1) is 24.4 Å². The lowest BCUT2D eigenvalue weighted by Crippen LogP contribution is -2.24. The smallest absolute Gasteiger partial charge is 0.340 e. The van der Waals surface area contributed by atoms with Crippen molar-refractivity contribution < 1.29 is 24.2 Å². The molecule has 0 aliphatic carbocycles. The van der Waals surface area contributed by atoms with E-state index in [1.807, 2.05) is 6.92 Å². The number of aromatic carboxylic acids is 1. The topological polar surface area (TPSA) is 111 Å². The van der Waals surface area contributed by atoms with Crippen molar-refractivity contribution in [3.63, 3.8) is 0 Å². The lowest BCUT2D eigenvalue weighted by atomic mass is 10.2. The van der Waals surface area contributed by atoms with Crippen LogP contribution in [0.3, 0.4) is 0 Å². The normalized spacial score (nSPS) is 11.8. The van der Waals surface area contributed by atoms with Gasteiger partial charge in [0, 0.05) is 11.1 Å². The maximum absolute atomic E-state index is 12.3. The number of anilines is 1. The first-order valence-corrected chi connectivity index (χ1v) is 7.42. The van der Waals surface area contributed by atoms with E-state index in [1.165, 1.54) is 35.5 Å². The minimum Gasteiger partial charge on any atom is -0.478 e. The Balaban J connectivity index is 2.18. The van der Waals surface area contributed by atoms with Crippen molar-refractivity contribution in [3.8, 4) is 0 Å². The second kappa shape index (κ2) is 6.61. The molecule has 23 heavy (non-hydrogen) atoms. The predicted molar refractivity (Wildman–Crippen MR) is 82.9 cm³/mol. The van der Waals surface area contributed by atoms with Gasteiger partial charge < -0.3 is 15.2 Å². The van der Waals surface area contributed by atoms with E-state index in [-0.39, 0.29) is 11.1 Å². The fraction of sp³-hybridized carbons (Fsp3) is 0.286. The van der Waals surface area contributed by atoms with Crippen molar-refractivity contribution >= 4 is 34.2 Å². The molecule has 2 N–H and O–H groups in total. The number of rotatable bonds is 5. The van der Waals surface area contributed by atoms with Crippen molar-refractivity contribution in [2.45, 2.75) is 19.9 Å². The number of nitrogens with zero attached hydrogens (tertiary/aromatic N) is 2. The molecule has 0 fully saturated rings. The molecule has 0 saturated carbocycles. The number of nitrogens with one attached hydrogen (secondary N) is 1. The predicted octanol–water partition coefficient (Wildman–Crippen LogP) is 1.94. The first-order chi connectivity index (χ1) is 10.8. The second-order valence-corrected chi connectivity index (χ2v) is 6.03. The zero-order valence-corrected chi connectivity index (χ0v) is 13.5. The number of amides is 1. The second-order valence-electron chi connectivity index (χ2n) is 4.77. The van der Waals surface area contributed by atoms with Gasteiger partial charge in [0.25, 0.3) is 0 Å². The zero-order chi connectivity index (χ0) is 17.1. The molecule has 0 radical (unpaired) electrons. The van der Waals surface area contributed by atoms with Crippen molar-refractivity contribution in [1.82, 2.24) is 9.78 Å². The van der Waals surface area contributed by atoms with Gasteiger partial charge in [-0.05, 0) is 19.9 Å². The van der Waals surface area contributed by atoms with Gasteiger partial charge in [-0.3, -0.25) is 9.48 Å². The Morgan fingerprint density at radius 1 is 1.43 bits per heavy atom. The number of aromatic nitrogens is 2. The molecule has 2 rings (SSSR count). The molecule has 9 heteroatoms. The number of ether oxygens (including phenoxy) is 1. The lowest BCUT2D eigenvalue weighted by molar-refractivity contribution is -0.119. The molecule has 2 aromatic rings. The van der Waals surface area contributed by atoms with E-state index >= 15 is 0 Å². The molecule has 0 spiro atoms. The Morgan fingerprint density at radius 2 is 2.13 bits per heavy atom. The highest BCUT2D eigenvalue weighted by molar-refractivity contribution is 7.16. The molecule has 122 valence electrons. The van der Waals surface area contributed by atoms with Crippen LogP contribution in [0.25, 0.3) is 0 Å². The minimum absolute atomic E-state index is 0.00753. The fourth-order valence-corrected chi connectivity index (χ4v) is 2.77. The summed E-state index contributed by atoms with van der Waals surface area (Å²) in [5.41, 5.74) is 0.272. The lowest BCUT2D eigenvalue weighted by Gasteiger charge is -2.12. The monoisotopic (exact) mass is 337 g/mol. The van der Waals surface area contributed by atoms with Crippen LogP contribution in [0.2, 0.25) is 0 Å². The summed E-state index contributed by atoms with van der Waals surface area (Å²) in [5.74, 6) is -2.08. The van der Waals surface area contributed by atoms with Crippen molar-refractivity contribution in [1.29, 1.82) is 0 Å². The Hall–Kier alpha value is -2.68. The molecule has 0 aromatic carbocycles. The van der Waals surface area contributed by atoms with Gasteiger partial charge in [-0.15, -0.1) is 11.3 Å². The number of aryl methyl sites for hydroxylation is 1. The number of methoxy groups -OCH3 is 1. The van der Waals surface area contributed by atoms with Crippen molar-refractivity contribution in [2.75, 3.05) is 12.4 Å². The van der Waals surface area contributed by atoms with E-state index in [4.69, 9.17) is 5.11 Å². The Bertz CT molecular complexity index is 764. The van der Waals surface area contributed by atoms with Crippen LogP contribution in [0.15, 0.2) is 18.5 Å². The standard InChI is InChI=1S/C14H15N3O5S/c1-7-4-10(14(21)22-3)12(23-7)16-11(18)8(2)17-6-9(5-15-17)13(19)20/h4-6,8H,1-3H3,(H,16,18)(H,19,20). The Kier molecular flexibility index (Phi) is 4.80. The SMILES string of the molecule is COC(=O)c1cc(C)sc1NC(=O)C(C)n1cc(C(=O)O)cn1. The van der Waals surface area contributed by atoms with Crippen LogP contribution in [-0.4, -0.2) is 39.8 Å². The third kappa shape index (κ3) is 3.57. The van der Waals surface area contributed by atoms with Gasteiger partial charge in [-0.1, -0.05) is 0 Å². The van der Waals surface area contributed by atoms with E-state index in [0.717, 1.165) is 4.88 Å². The number of carboxylic acids is 1. The summed E-state index contributed by atoms with van der Waals surface area (Å²) in [6.45, 7) is 3.38. The van der Waals surface area contributed by atoms with Crippen LogP contribution in [0.5, 0.6) is 0 Å². The average Bonchev–Trinajstić information content (AvgIpc) is 3.12. The first kappa shape index (κ1) is 16.7. The van der Waals surface area contributed by atoms with E-state index < -0.39 is 23.9 Å². The maximum atomic E-state index is 12.3. The van der Waals surface area contributed by atoms with Gasteiger partial charge >= 0.3 is 11.9 Å². The van der Waals surface area contributed by atoms with Gasteiger partial charge in [0.1, 0.15) is 11.0 Å². The molecule has 2 heterocycles. The Labute approximate surface area is 135 Å². The van der Waals surface area contributed by atoms with Gasteiger partial charge in [0.15, 0.2) is 0 Å². The summed E-state index contributed by atoms with van der Waals surface area (Å²) >= 11 is 1.25. The summed E-state index contributed by atoms with van der Waals surface area (Å²) in [5, 5.41) is 15.8. The molecule has 0 aliphatic heterocycles. The third-order valence-corrected chi connectivity index (χ3v) is 4.09. The Morgan fingerprint density at radius 3 is 2.70 bits per heavy atom. The van der Waals surface area contributed by atoms with Crippen molar-refractivity contribution in [2.24, 2.45) is 0 Å². The highest BCUT2D eigenvalue weighted by atomic mass is 32.1. The summed E-state index contributed by atoms with van der Waals surface area (Å²) in [6.07, 6.45) is 2.44. The highest BCUT2D eigenvalue weighted by Crippen LogP contribution is 2.28. The van der Waals surface area contributed by atoms with Gasteiger partial charge in [0.2, 0.25) is 5.91 Å². The molecule has 0 saturated heterocycles. The molecule has 0 aliphatic rings. The quantitative estimate of drug-likeness (QED) is 0.807. The molecule has 2 aromatic heterocycles. The summed E-state index contributed by atoms with van der Waals surface area (Å²) in [4.78, 5) is 35.7. The molecular weight excluding hydrogens is 322 g/mol. The molecule has 1 unspecified atom stereocenters. The minimum atomic E-state index is -1.12. The van der Waals surface area contributed by atoms with Crippen LogP contribution in [0.4, 0.5) is 5.00 Å². The van der Waals surface area contributed by atoms with E-state index in [9.17, 15) is 14.4 Å². The number of esters is 1. The van der Waals surface area contributed by atoms with Crippen LogP contribution in [0, 0.1) is 6.92 Å². The number of hydrogen-bond acceptors (Lipinski definition) is 6. The summed E-state index contributed by atoms with van der Waals surface area (Å²) in [6, 6.07) is 0.892. The number of carbonyl (C=O) groups excluding carboxylic acids is 2. The van der Waals surface area contributed by atoms with Crippen LogP contribution in [0.1, 0.15) is 38.6 Å². The first-order valence-electron chi connectivity index (χ1n) is 6.60. The van der Waals surface area contributed by atoms with E-state index in [0.29, 0.717) is 5.00 Å². The molecule has 1 amide bonds. The van der Waals surface area contributed by atoms with Crippen LogP contribution in [-0.2, 0) is 9.53 Å². The summed E-state index contributed by atoms with van der Waals surface area (Å²) in [7, 11) is 1.26. The largest absolute Gasteiger partial charge is 0.478 e. The average molecular weight is 337 g/mol. The van der Waals surface area contributed by atoms with Crippen molar-refractivity contribution in [3.05, 3.63) is 34.5 Å². The fourth-order valence-electron chi connectivity index (χ4n) is 1.87. The number of carbonyl (C=O) groups is 3. The number of hydrogen-bond donors (Lipinski definition) is 2. The number of thiophene rings is 1. The van der Waals surface area contributed by atoms with Gasteiger partial charge in [-0.2, -0.15) is 5.10 Å².